The van der Waals surface area contributed by atoms with Crippen LogP contribution in [-0.4, -0.2) is 28.6 Å². The largest absolute Gasteiger partial charge is 0.472 e. The fourth-order valence-electron chi connectivity index (χ4n) is 2.92. The highest BCUT2D eigenvalue weighted by Crippen LogP contribution is 2.32. The van der Waals surface area contributed by atoms with Crippen molar-refractivity contribution in [1.82, 2.24) is 4.90 Å². The maximum atomic E-state index is 13.0. The Morgan fingerprint density at radius 2 is 2.09 bits per heavy atom. The van der Waals surface area contributed by atoms with Gasteiger partial charge in [0.05, 0.1) is 24.7 Å². The fourth-order valence-corrected chi connectivity index (χ4v) is 2.92. The maximum absolute atomic E-state index is 13.0. The van der Waals surface area contributed by atoms with Crippen molar-refractivity contribution in [2.45, 2.75) is 31.4 Å². The van der Waals surface area contributed by atoms with Gasteiger partial charge in [0.2, 0.25) is 5.91 Å². The normalized spacial score (nSPS) is 21.3. The van der Waals surface area contributed by atoms with Gasteiger partial charge in [0.25, 0.3) is 0 Å². The van der Waals surface area contributed by atoms with Gasteiger partial charge in [-0.15, -0.1) is 0 Å². The number of aliphatic hydroxyl groups is 1. The van der Waals surface area contributed by atoms with E-state index in [1.54, 1.807) is 29.6 Å². The summed E-state index contributed by atoms with van der Waals surface area (Å²) in [5.74, 6) is -0.313. The van der Waals surface area contributed by atoms with Crippen molar-refractivity contribution in [1.29, 1.82) is 0 Å². The van der Waals surface area contributed by atoms with Crippen molar-refractivity contribution in [3.05, 3.63) is 59.8 Å². The number of amides is 1. The molecule has 2 atom stereocenters. The molecule has 0 aliphatic carbocycles. The summed E-state index contributed by atoms with van der Waals surface area (Å²) in [6.45, 7) is 0.326. The van der Waals surface area contributed by atoms with E-state index in [0.29, 0.717) is 25.8 Å². The van der Waals surface area contributed by atoms with E-state index in [2.05, 4.69) is 0 Å². The molecule has 0 saturated carbocycles. The standard InChI is InChI=1S/C17H18FNO3/c18-14-4-2-13(3-5-14)16-9-15(20)10-19(16)17(21)6-1-12-7-8-22-11-12/h2-5,7-8,11,15-16,20H,1,6,9-10H2/t15-,16-/m0/s1. The molecule has 1 saturated heterocycles. The first-order valence-electron chi connectivity index (χ1n) is 7.37. The third-order valence-corrected chi connectivity index (χ3v) is 4.06. The summed E-state index contributed by atoms with van der Waals surface area (Å²) in [5, 5.41) is 9.90. The quantitative estimate of drug-likeness (QED) is 0.945. The lowest BCUT2D eigenvalue weighted by Crippen LogP contribution is -2.31. The van der Waals surface area contributed by atoms with Gasteiger partial charge in [-0.25, -0.2) is 4.39 Å². The summed E-state index contributed by atoms with van der Waals surface area (Å²) in [6.07, 6.45) is 4.14. The number of halogens is 1. The number of aryl methyl sites for hydroxylation is 1. The minimum Gasteiger partial charge on any atom is -0.472 e. The maximum Gasteiger partial charge on any atom is 0.223 e. The molecule has 0 unspecified atom stereocenters. The molecule has 2 heterocycles. The molecule has 3 rings (SSSR count). The number of likely N-dealkylation sites (tertiary alicyclic amines) is 1. The van der Waals surface area contributed by atoms with Gasteiger partial charge in [-0.1, -0.05) is 12.1 Å². The molecule has 116 valence electrons. The Bertz CT molecular complexity index is 624. The summed E-state index contributed by atoms with van der Waals surface area (Å²) >= 11 is 0. The molecule has 1 aliphatic rings. The summed E-state index contributed by atoms with van der Waals surface area (Å²) in [7, 11) is 0. The number of carbonyl (C=O) groups is 1. The van der Waals surface area contributed by atoms with Gasteiger partial charge in [-0.05, 0) is 42.2 Å². The van der Waals surface area contributed by atoms with Crippen LogP contribution in [0.5, 0.6) is 0 Å². The molecule has 1 amide bonds. The van der Waals surface area contributed by atoms with Crippen LogP contribution in [0.3, 0.4) is 0 Å². The van der Waals surface area contributed by atoms with Gasteiger partial charge >= 0.3 is 0 Å². The van der Waals surface area contributed by atoms with Crippen LogP contribution in [-0.2, 0) is 11.2 Å². The highest BCUT2D eigenvalue weighted by Gasteiger charge is 2.34. The van der Waals surface area contributed by atoms with E-state index < -0.39 is 6.10 Å². The Morgan fingerprint density at radius 1 is 1.32 bits per heavy atom. The molecule has 1 aromatic carbocycles. The lowest BCUT2D eigenvalue weighted by molar-refractivity contribution is -0.132. The van der Waals surface area contributed by atoms with Crippen molar-refractivity contribution in [2.24, 2.45) is 0 Å². The third kappa shape index (κ3) is 3.20. The van der Waals surface area contributed by atoms with Crippen molar-refractivity contribution in [3.8, 4) is 0 Å². The fraction of sp³-hybridized carbons (Fsp3) is 0.353. The number of nitrogens with zero attached hydrogens (tertiary/aromatic N) is 1. The smallest absolute Gasteiger partial charge is 0.223 e. The molecule has 4 nitrogen and oxygen atoms in total. The van der Waals surface area contributed by atoms with E-state index in [4.69, 9.17) is 4.42 Å². The van der Waals surface area contributed by atoms with Crippen LogP contribution in [0, 0.1) is 5.82 Å². The van der Waals surface area contributed by atoms with Crippen LogP contribution in [0.15, 0.2) is 47.3 Å². The van der Waals surface area contributed by atoms with Crippen molar-refractivity contribution >= 4 is 5.91 Å². The van der Waals surface area contributed by atoms with Crippen LogP contribution in [0.4, 0.5) is 4.39 Å². The number of hydrogen-bond donors (Lipinski definition) is 1. The van der Waals surface area contributed by atoms with E-state index in [1.165, 1.54) is 12.1 Å². The first-order valence-corrected chi connectivity index (χ1v) is 7.37. The molecule has 0 spiro atoms. The van der Waals surface area contributed by atoms with Gasteiger partial charge in [0.1, 0.15) is 5.82 Å². The van der Waals surface area contributed by atoms with Gasteiger partial charge in [0.15, 0.2) is 0 Å². The molecular formula is C17H18FNO3. The van der Waals surface area contributed by atoms with E-state index in [1.807, 2.05) is 6.07 Å². The molecule has 0 radical (unpaired) electrons. The third-order valence-electron chi connectivity index (χ3n) is 4.06. The molecule has 1 aromatic heterocycles. The second-order valence-electron chi connectivity index (χ2n) is 5.63. The Balaban J connectivity index is 1.69. The van der Waals surface area contributed by atoms with E-state index in [9.17, 15) is 14.3 Å². The number of β-amino-alcohol motifs (C(OH)–C–C–N with tert-alkyl or cyclic N) is 1. The minimum absolute atomic E-state index is 0.00734. The van der Waals surface area contributed by atoms with Crippen LogP contribution in [0.1, 0.15) is 30.0 Å². The van der Waals surface area contributed by atoms with Crippen molar-refractivity contribution in [2.75, 3.05) is 6.54 Å². The van der Waals surface area contributed by atoms with Gasteiger partial charge in [-0.3, -0.25) is 4.79 Å². The minimum atomic E-state index is -0.534. The lowest BCUT2D eigenvalue weighted by atomic mass is 10.0. The SMILES string of the molecule is O=C(CCc1ccoc1)N1C[C@@H](O)C[C@H]1c1ccc(F)cc1. The molecule has 1 N–H and O–H groups in total. The summed E-state index contributed by atoms with van der Waals surface area (Å²) in [6, 6.07) is 7.77. The Morgan fingerprint density at radius 3 is 2.77 bits per heavy atom. The Hall–Kier alpha value is -2.14. The average Bonchev–Trinajstić information content (AvgIpc) is 3.15. The number of carbonyl (C=O) groups excluding carboxylic acids is 1. The summed E-state index contributed by atoms with van der Waals surface area (Å²) in [5.41, 5.74) is 1.83. The Labute approximate surface area is 128 Å². The highest BCUT2D eigenvalue weighted by molar-refractivity contribution is 5.77. The molecular weight excluding hydrogens is 285 g/mol. The number of rotatable bonds is 4. The molecule has 1 aliphatic heterocycles. The Kier molecular flexibility index (Phi) is 4.24. The molecule has 2 aromatic rings. The first kappa shape index (κ1) is 14.8. The van der Waals surface area contributed by atoms with E-state index >= 15 is 0 Å². The summed E-state index contributed by atoms with van der Waals surface area (Å²) in [4.78, 5) is 14.1. The van der Waals surface area contributed by atoms with E-state index in [0.717, 1.165) is 11.1 Å². The predicted molar refractivity (Wildman–Crippen MR) is 78.5 cm³/mol. The molecule has 0 bridgehead atoms. The predicted octanol–water partition coefficient (Wildman–Crippen LogP) is 2.69. The number of aliphatic hydroxyl groups excluding tert-OH is 1. The zero-order chi connectivity index (χ0) is 15.5. The topological polar surface area (TPSA) is 53.7 Å². The number of benzene rings is 1. The summed E-state index contributed by atoms with van der Waals surface area (Å²) < 4.78 is 18.0. The van der Waals surface area contributed by atoms with Gasteiger partial charge in [0, 0.05) is 13.0 Å². The molecule has 1 fully saturated rings. The molecule has 22 heavy (non-hydrogen) atoms. The van der Waals surface area contributed by atoms with Crippen LogP contribution >= 0.6 is 0 Å². The van der Waals surface area contributed by atoms with Gasteiger partial charge in [-0.2, -0.15) is 0 Å². The van der Waals surface area contributed by atoms with Gasteiger partial charge < -0.3 is 14.4 Å². The second kappa shape index (κ2) is 6.32. The second-order valence-corrected chi connectivity index (χ2v) is 5.63. The number of furan rings is 1. The van der Waals surface area contributed by atoms with Crippen molar-refractivity contribution in [3.63, 3.8) is 0 Å². The van der Waals surface area contributed by atoms with Crippen LogP contribution in [0.2, 0.25) is 0 Å². The monoisotopic (exact) mass is 303 g/mol. The van der Waals surface area contributed by atoms with E-state index in [-0.39, 0.29) is 17.8 Å². The first-order chi connectivity index (χ1) is 10.6. The highest BCUT2D eigenvalue weighted by atomic mass is 19.1. The lowest BCUT2D eigenvalue weighted by Gasteiger charge is -2.24. The van der Waals surface area contributed by atoms with Crippen LogP contribution in [0.25, 0.3) is 0 Å². The zero-order valence-corrected chi connectivity index (χ0v) is 12.1. The average molecular weight is 303 g/mol. The molecule has 5 heteroatoms. The van der Waals surface area contributed by atoms with Crippen molar-refractivity contribution < 1.29 is 18.7 Å². The van der Waals surface area contributed by atoms with Crippen LogP contribution < -0.4 is 0 Å². The number of hydrogen-bond acceptors (Lipinski definition) is 3. The zero-order valence-electron chi connectivity index (χ0n) is 12.1.